The van der Waals surface area contributed by atoms with Gasteiger partial charge >= 0.3 is 0 Å². The smallest absolute Gasteiger partial charge is 0.126 e. The predicted molar refractivity (Wildman–Crippen MR) is 64.0 cm³/mol. The Balaban J connectivity index is 2.29. The van der Waals surface area contributed by atoms with Gasteiger partial charge in [0, 0.05) is 23.3 Å². The summed E-state index contributed by atoms with van der Waals surface area (Å²) in [4.78, 5) is 3.95. The van der Waals surface area contributed by atoms with E-state index in [0.717, 1.165) is 22.2 Å². The molecule has 0 aliphatic carbocycles. The largest absolute Gasteiger partial charge is 0.277 e. The molecule has 0 spiro atoms. The van der Waals surface area contributed by atoms with Crippen LogP contribution in [0.1, 0.15) is 5.56 Å². The highest BCUT2D eigenvalue weighted by atomic mass is 19.1. The summed E-state index contributed by atoms with van der Waals surface area (Å²) < 4.78 is 13.6. The van der Waals surface area contributed by atoms with Crippen LogP contribution < -0.4 is 0 Å². The van der Waals surface area contributed by atoms with Gasteiger partial charge in [0.2, 0.25) is 0 Å². The van der Waals surface area contributed by atoms with Crippen LogP contribution in [0.4, 0.5) is 4.39 Å². The van der Waals surface area contributed by atoms with E-state index < -0.39 is 0 Å². The third-order valence-corrected chi connectivity index (χ3v) is 2.80. The maximum Gasteiger partial charge on any atom is 0.126 e. The molecule has 0 aliphatic rings. The number of pyridine rings is 1. The summed E-state index contributed by atoms with van der Waals surface area (Å²) in [5, 5.41) is 7.94. The SMILES string of the molecule is Cc1cc2[nH]nc(-c3ccncc3)c2cc1F. The van der Waals surface area contributed by atoms with Crippen molar-refractivity contribution in [1.82, 2.24) is 15.2 Å². The average Bonchev–Trinajstić information content (AvgIpc) is 2.74. The van der Waals surface area contributed by atoms with E-state index in [-0.39, 0.29) is 5.82 Å². The van der Waals surface area contributed by atoms with Gasteiger partial charge in [-0.15, -0.1) is 0 Å². The number of fused-ring (bicyclic) bond motifs is 1. The van der Waals surface area contributed by atoms with Gasteiger partial charge in [0.25, 0.3) is 0 Å². The zero-order valence-electron chi connectivity index (χ0n) is 9.24. The Labute approximate surface area is 97.3 Å². The summed E-state index contributed by atoms with van der Waals surface area (Å²) in [5.74, 6) is -0.214. The Kier molecular flexibility index (Phi) is 2.14. The fourth-order valence-corrected chi connectivity index (χ4v) is 1.88. The first kappa shape index (κ1) is 9.96. The Morgan fingerprint density at radius 3 is 2.71 bits per heavy atom. The van der Waals surface area contributed by atoms with E-state index in [1.54, 1.807) is 25.4 Å². The second-order valence-electron chi connectivity index (χ2n) is 3.96. The lowest BCUT2D eigenvalue weighted by atomic mass is 10.1. The minimum Gasteiger partial charge on any atom is -0.277 e. The van der Waals surface area contributed by atoms with Gasteiger partial charge in [-0.05, 0) is 36.8 Å². The molecule has 0 aliphatic heterocycles. The van der Waals surface area contributed by atoms with Crippen LogP contribution in [0.25, 0.3) is 22.2 Å². The molecule has 1 aromatic carbocycles. The van der Waals surface area contributed by atoms with Crippen molar-refractivity contribution in [3.8, 4) is 11.3 Å². The van der Waals surface area contributed by atoms with Gasteiger partial charge in [0.05, 0.1) is 5.52 Å². The molecule has 0 bridgehead atoms. The third kappa shape index (κ3) is 1.58. The van der Waals surface area contributed by atoms with Crippen LogP contribution >= 0.6 is 0 Å². The number of hydrogen-bond donors (Lipinski definition) is 1. The van der Waals surface area contributed by atoms with Crippen molar-refractivity contribution in [2.24, 2.45) is 0 Å². The Morgan fingerprint density at radius 2 is 1.94 bits per heavy atom. The molecule has 4 heteroatoms. The number of aromatic nitrogens is 3. The van der Waals surface area contributed by atoms with E-state index in [9.17, 15) is 4.39 Å². The van der Waals surface area contributed by atoms with Crippen molar-refractivity contribution in [1.29, 1.82) is 0 Å². The van der Waals surface area contributed by atoms with Crippen LogP contribution in [-0.4, -0.2) is 15.2 Å². The van der Waals surface area contributed by atoms with Crippen molar-refractivity contribution >= 4 is 10.9 Å². The zero-order chi connectivity index (χ0) is 11.8. The lowest BCUT2D eigenvalue weighted by Crippen LogP contribution is -1.83. The first-order valence-corrected chi connectivity index (χ1v) is 5.30. The van der Waals surface area contributed by atoms with E-state index in [4.69, 9.17) is 0 Å². The molecule has 3 nitrogen and oxygen atoms in total. The monoisotopic (exact) mass is 227 g/mol. The van der Waals surface area contributed by atoms with Crippen LogP contribution in [0.2, 0.25) is 0 Å². The number of aryl methyl sites for hydroxylation is 1. The number of hydrogen-bond acceptors (Lipinski definition) is 2. The molecule has 0 unspecified atom stereocenters. The van der Waals surface area contributed by atoms with Crippen LogP contribution in [0.3, 0.4) is 0 Å². The van der Waals surface area contributed by atoms with Gasteiger partial charge in [-0.25, -0.2) is 4.39 Å². The first-order chi connectivity index (χ1) is 8.25. The molecule has 0 saturated carbocycles. The van der Waals surface area contributed by atoms with Gasteiger partial charge in [-0.3, -0.25) is 10.1 Å². The zero-order valence-corrected chi connectivity index (χ0v) is 9.24. The minimum atomic E-state index is -0.214. The quantitative estimate of drug-likeness (QED) is 0.694. The minimum absolute atomic E-state index is 0.214. The van der Waals surface area contributed by atoms with Gasteiger partial charge in [-0.2, -0.15) is 5.10 Å². The summed E-state index contributed by atoms with van der Waals surface area (Å²) in [6.07, 6.45) is 3.39. The Morgan fingerprint density at radius 1 is 1.18 bits per heavy atom. The van der Waals surface area contributed by atoms with Gasteiger partial charge in [0.15, 0.2) is 0 Å². The van der Waals surface area contributed by atoms with Gasteiger partial charge in [-0.1, -0.05) is 0 Å². The second-order valence-corrected chi connectivity index (χ2v) is 3.96. The maximum atomic E-state index is 13.6. The molecular weight excluding hydrogens is 217 g/mol. The number of H-pyrrole nitrogens is 1. The summed E-state index contributed by atoms with van der Waals surface area (Å²) in [6.45, 7) is 1.74. The predicted octanol–water partition coefficient (Wildman–Crippen LogP) is 3.07. The number of rotatable bonds is 1. The van der Waals surface area contributed by atoms with Gasteiger partial charge in [0.1, 0.15) is 11.5 Å². The Bertz CT molecular complexity index is 674. The molecule has 84 valence electrons. The first-order valence-electron chi connectivity index (χ1n) is 5.30. The number of halogens is 1. The highest BCUT2D eigenvalue weighted by molar-refractivity contribution is 5.93. The van der Waals surface area contributed by atoms with Crippen molar-refractivity contribution in [3.63, 3.8) is 0 Å². The second kappa shape index (κ2) is 3.66. The highest BCUT2D eigenvalue weighted by Gasteiger charge is 2.10. The summed E-state index contributed by atoms with van der Waals surface area (Å²) >= 11 is 0. The van der Waals surface area contributed by atoms with E-state index in [0.29, 0.717) is 5.56 Å². The molecule has 17 heavy (non-hydrogen) atoms. The molecule has 0 atom stereocenters. The molecule has 3 rings (SSSR count). The topological polar surface area (TPSA) is 41.6 Å². The van der Waals surface area contributed by atoms with Crippen molar-refractivity contribution in [3.05, 3.63) is 48.0 Å². The number of nitrogens with zero attached hydrogens (tertiary/aromatic N) is 2. The van der Waals surface area contributed by atoms with E-state index in [2.05, 4.69) is 15.2 Å². The number of aromatic amines is 1. The van der Waals surface area contributed by atoms with Crippen molar-refractivity contribution < 1.29 is 4.39 Å². The van der Waals surface area contributed by atoms with Crippen LogP contribution in [0, 0.1) is 12.7 Å². The fraction of sp³-hybridized carbons (Fsp3) is 0.0769. The van der Waals surface area contributed by atoms with Crippen molar-refractivity contribution in [2.75, 3.05) is 0 Å². The summed E-state index contributed by atoms with van der Waals surface area (Å²) in [6, 6.07) is 6.99. The average molecular weight is 227 g/mol. The summed E-state index contributed by atoms with van der Waals surface area (Å²) in [5.41, 5.74) is 3.13. The molecule has 2 heterocycles. The molecule has 2 aromatic heterocycles. The van der Waals surface area contributed by atoms with Gasteiger partial charge < -0.3 is 0 Å². The molecule has 1 N–H and O–H groups in total. The number of nitrogens with one attached hydrogen (secondary N) is 1. The molecule has 0 saturated heterocycles. The standard InChI is InChI=1S/C13H10FN3/c1-8-6-12-10(7-11(8)14)13(17-16-12)9-2-4-15-5-3-9/h2-7H,1H3,(H,16,17). The van der Waals surface area contributed by atoms with Crippen LogP contribution in [-0.2, 0) is 0 Å². The summed E-state index contributed by atoms with van der Waals surface area (Å²) in [7, 11) is 0. The highest BCUT2D eigenvalue weighted by Crippen LogP contribution is 2.27. The maximum absolute atomic E-state index is 13.6. The third-order valence-electron chi connectivity index (χ3n) is 2.80. The number of benzene rings is 1. The van der Waals surface area contributed by atoms with E-state index in [1.165, 1.54) is 6.07 Å². The fourth-order valence-electron chi connectivity index (χ4n) is 1.88. The van der Waals surface area contributed by atoms with Crippen LogP contribution in [0.15, 0.2) is 36.7 Å². The van der Waals surface area contributed by atoms with E-state index in [1.807, 2.05) is 12.1 Å². The van der Waals surface area contributed by atoms with E-state index >= 15 is 0 Å². The lowest BCUT2D eigenvalue weighted by molar-refractivity contribution is 0.620. The molecule has 0 amide bonds. The normalized spacial score (nSPS) is 10.9. The molecule has 3 aromatic rings. The van der Waals surface area contributed by atoms with Crippen molar-refractivity contribution in [2.45, 2.75) is 6.92 Å². The Hall–Kier alpha value is -2.23. The van der Waals surface area contributed by atoms with Crippen LogP contribution in [0.5, 0.6) is 0 Å². The molecule has 0 radical (unpaired) electrons. The lowest BCUT2D eigenvalue weighted by Gasteiger charge is -1.99. The molecule has 0 fully saturated rings. The molecular formula is C13H10FN3.